The van der Waals surface area contributed by atoms with Crippen molar-refractivity contribution in [1.82, 2.24) is 4.90 Å². The molecular formula is C16H17NO. The van der Waals surface area contributed by atoms with Gasteiger partial charge < -0.3 is 4.74 Å². The second kappa shape index (κ2) is 4.83. The lowest BCUT2D eigenvalue weighted by atomic mass is 10.1. The van der Waals surface area contributed by atoms with Gasteiger partial charge in [-0.3, -0.25) is 4.90 Å². The molecule has 2 nitrogen and oxygen atoms in total. The van der Waals surface area contributed by atoms with Gasteiger partial charge in [0.25, 0.3) is 0 Å². The van der Waals surface area contributed by atoms with Crippen LogP contribution >= 0.6 is 0 Å². The quantitative estimate of drug-likeness (QED) is 0.797. The lowest BCUT2D eigenvalue weighted by Crippen LogP contribution is -2.31. The fourth-order valence-electron chi connectivity index (χ4n) is 2.36. The van der Waals surface area contributed by atoms with Crippen molar-refractivity contribution in [1.29, 1.82) is 0 Å². The van der Waals surface area contributed by atoms with E-state index >= 15 is 0 Å². The Labute approximate surface area is 108 Å². The molecule has 2 heteroatoms. The predicted octanol–water partition coefficient (Wildman–Crippen LogP) is 3.35. The van der Waals surface area contributed by atoms with Crippen molar-refractivity contribution < 1.29 is 4.74 Å². The Bertz CT molecular complexity index is 536. The summed E-state index contributed by atoms with van der Waals surface area (Å²) in [5.74, 6) is 1.03. The van der Waals surface area contributed by atoms with Crippen molar-refractivity contribution in [2.75, 3.05) is 6.73 Å². The Morgan fingerprint density at radius 1 is 1.11 bits per heavy atom. The summed E-state index contributed by atoms with van der Waals surface area (Å²) < 4.78 is 5.79. The van der Waals surface area contributed by atoms with Crippen LogP contribution in [0.1, 0.15) is 16.7 Å². The third-order valence-electron chi connectivity index (χ3n) is 3.26. The van der Waals surface area contributed by atoms with Crippen LogP contribution in [0.15, 0.2) is 48.5 Å². The SMILES string of the molecule is Cc1ccc2c(c1)CN(Cc1ccccc1)CO2. The van der Waals surface area contributed by atoms with Gasteiger partial charge in [0.2, 0.25) is 0 Å². The van der Waals surface area contributed by atoms with Gasteiger partial charge in [0.15, 0.2) is 0 Å². The van der Waals surface area contributed by atoms with Crippen molar-refractivity contribution in [3.63, 3.8) is 0 Å². The highest BCUT2D eigenvalue weighted by Gasteiger charge is 2.17. The fraction of sp³-hybridized carbons (Fsp3) is 0.250. The zero-order valence-corrected chi connectivity index (χ0v) is 10.6. The average molecular weight is 239 g/mol. The molecule has 0 atom stereocenters. The zero-order valence-electron chi connectivity index (χ0n) is 10.6. The van der Waals surface area contributed by atoms with Gasteiger partial charge in [-0.05, 0) is 18.6 Å². The molecule has 0 N–H and O–H groups in total. The first-order chi connectivity index (χ1) is 8.81. The van der Waals surface area contributed by atoms with Gasteiger partial charge >= 0.3 is 0 Å². The summed E-state index contributed by atoms with van der Waals surface area (Å²) in [7, 11) is 0. The number of hydrogen-bond donors (Lipinski definition) is 0. The van der Waals surface area contributed by atoms with Crippen molar-refractivity contribution in [3.8, 4) is 5.75 Å². The van der Waals surface area contributed by atoms with Crippen LogP contribution in [-0.2, 0) is 13.1 Å². The minimum atomic E-state index is 0.672. The van der Waals surface area contributed by atoms with Crippen molar-refractivity contribution in [2.24, 2.45) is 0 Å². The van der Waals surface area contributed by atoms with Gasteiger partial charge in [-0.1, -0.05) is 48.0 Å². The maximum Gasteiger partial charge on any atom is 0.142 e. The van der Waals surface area contributed by atoms with Gasteiger partial charge in [0.1, 0.15) is 12.5 Å². The molecule has 18 heavy (non-hydrogen) atoms. The summed E-state index contributed by atoms with van der Waals surface area (Å²) in [6.07, 6.45) is 0. The third-order valence-corrected chi connectivity index (χ3v) is 3.26. The number of fused-ring (bicyclic) bond motifs is 1. The highest BCUT2D eigenvalue weighted by molar-refractivity contribution is 5.37. The van der Waals surface area contributed by atoms with E-state index in [1.54, 1.807) is 0 Å². The Morgan fingerprint density at radius 3 is 2.78 bits per heavy atom. The number of nitrogens with zero attached hydrogens (tertiary/aromatic N) is 1. The van der Waals surface area contributed by atoms with E-state index in [9.17, 15) is 0 Å². The van der Waals surface area contributed by atoms with Gasteiger partial charge in [0.05, 0.1) is 0 Å². The molecule has 0 amide bonds. The lowest BCUT2D eigenvalue weighted by Gasteiger charge is -2.29. The van der Waals surface area contributed by atoms with Crippen LogP contribution in [0.4, 0.5) is 0 Å². The summed E-state index contributed by atoms with van der Waals surface area (Å²) in [6.45, 7) is 4.70. The Kier molecular flexibility index (Phi) is 3.03. The predicted molar refractivity (Wildman–Crippen MR) is 72.4 cm³/mol. The molecule has 0 fully saturated rings. The van der Waals surface area contributed by atoms with Crippen LogP contribution in [0.5, 0.6) is 5.75 Å². The van der Waals surface area contributed by atoms with Crippen molar-refractivity contribution in [2.45, 2.75) is 20.0 Å². The molecule has 1 heterocycles. The highest BCUT2D eigenvalue weighted by atomic mass is 16.5. The minimum absolute atomic E-state index is 0.672. The molecule has 0 saturated heterocycles. The Balaban J connectivity index is 1.75. The highest BCUT2D eigenvalue weighted by Crippen LogP contribution is 2.26. The topological polar surface area (TPSA) is 12.5 Å². The summed E-state index contributed by atoms with van der Waals surface area (Å²) in [5.41, 5.74) is 3.91. The van der Waals surface area contributed by atoms with E-state index < -0.39 is 0 Å². The molecular weight excluding hydrogens is 222 g/mol. The Hall–Kier alpha value is -1.80. The zero-order chi connectivity index (χ0) is 12.4. The fourth-order valence-corrected chi connectivity index (χ4v) is 2.36. The maximum absolute atomic E-state index is 5.79. The van der Waals surface area contributed by atoms with E-state index in [0.717, 1.165) is 18.8 Å². The summed E-state index contributed by atoms with van der Waals surface area (Å²) in [5, 5.41) is 0. The number of benzene rings is 2. The summed E-state index contributed by atoms with van der Waals surface area (Å²) >= 11 is 0. The van der Waals surface area contributed by atoms with E-state index in [1.807, 2.05) is 0 Å². The average Bonchev–Trinajstić information content (AvgIpc) is 2.39. The minimum Gasteiger partial charge on any atom is -0.478 e. The second-order valence-corrected chi connectivity index (χ2v) is 4.86. The van der Waals surface area contributed by atoms with E-state index in [0.29, 0.717) is 6.73 Å². The van der Waals surface area contributed by atoms with E-state index in [-0.39, 0.29) is 0 Å². The molecule has 2 aromatic rings. The maximum atomic E-state index is 5.79. The monoisotopic (exact) mass is 239 g/mol. The molecule has 0 bridgehead atoms. The summed E-state index contributed by atoms with van der Waals surface area (Å²) in [4.78, 5) is 2.32. The molecule has 1 aliphatic rings. The van der Waals surface area contributed by atoms with Gasteiger partial charge in [-0.2, -0.15) is 0 Å². The number of ether oxygens (including phenoxy) is 1. The molecule has 92 valence electrons. The van der Waals surface area contributed by atoms with Crippen LogP contribution in [0.2, 0.25) is 0 Å². The Morgan fingerprint density at radius 2 is 1.94 bits per heavy atom. The number of hydrogen-bond acceptors (Lipinski definition) is 2. The third kappa shape index (κ3) is 2.39. The van der Waals surface area contributed by atoms with Gasteiger partial charge in [-0.15, -0.1) is 0 Å². The van der Waals surface area contributed by atoms with Crippen LogP contribution in [0, 0.1) is 6.92 Å². The first-order valence-electron chi connectivity index (χ1n) is 6.30. The molecule has 1 aliphatic heterocycles. The first-order valence-corrected chi connectivity index (χ1v) is 6.30. The van der Waals surface area contributed by atoms with Crippen molar-refractivity contribution >= 4 is 0 Å². The lowest BCUT2D eigenvalue weighted by molar-refractivity contribution is 0.0887. The normalized spacial score (nSPS) is 14.9. The van der Waals surface area contributed by atoms with Crippen molar-refractivity contribution in [3.05, 3.63) is 65.2 Å². The number of aryl methyl sites for hydroxylation is 1. The van der Waals surface area contributed by atoms with E-state index in [2.05, 4.69) is 60.4 Å². The second-order valence-electron chi connectivity index (χ2n) is 4.86. The molecule has 0 unspecified atom stereocenters. The first kappa shape index (κ1) is 11.3. The van der Waals surface area contributed by atoms with Gasteiger partial charge in [0, 0.05) is 18.7 Å². The van der Waals surface area contributed by atoms with Crippen LogP contribution in [0.25, 0.3) is 0 Å². The smallest absolute Gasteiger partial charge is 0.142 e. The largest absolute Gasteiger partial charge is 0.478 e. The van der Waals surface area contributed by atoms with E-state index in [1.165, 1.54) is 16.7 Å². The molecule has 0 aromatic heterocycles. The molecule has 0 radical (unpaired) electrons. The van der Waals surface area contributed by atoms with Crippen LogP contribution < -0.4 is 4.74 Å². The molecule has 0 saturated carbocycles. The van der Waals surface area contributed by atoms with E-state index in [4.69, 9.17) is 4.74 Å². The molecule has 2 aromatic carbocycles. The summed E-state index contributed by atoms with van der Waals surface area (Å²) in [6, 6.07) is 16.9. The van der Waals surface area contributed by atoms with Crippen LogP contribution in [0.3, 0.4) is 0 Å². The molecule has 0 spiro atoms. The molecule has 3 rings (SSSR count). The number of rotatable bonds is 2. The standard InChI is InChI=1S/C16H17NO/c1-13-7-8-16-15(9-13)11-17(12-18-16)10-14-5-3-2-4-6-14/h2-9H,10-12H2,1H3. The molecule has 0 aliphatic carbocycles. The van der Waals surface area contributed by atoms with Crippen LogP contribution in [-0.4, -0.2) is 11.6 Å². The van der Waals surface area contributed by atoms with Gasteiger partial charge in [-0.25, -0.2) is 0 Å².